The van der Waals surface area contributed by atoms with Gasteiger partial charge < -0.3 is 10.6 Å². The first-order valence-corrected chi connectivity index (χ1v) is 8.82. The van der Waals surface area contributed by atoms with E-state index in [2.05, 4.69) is 40.7 Å². The summed E-state index contributed by atoms with van der Waals surface area (Å²) < 4.78 is 0.784. The molecule has 1 amide bonds. The second-order valence-corrected chi connectivity index (χ2v) is 7.47. The highest BCUT2D eigenvalue weighted by molar-refractivity contribution is 8.02. The lowest BCUT2D eigenvalue weighted by Gasteiger charge is -2.08. The van der Waals surface area contributed by atoms with E-state index in [1.807, 2.05) is 26.0 Å². The summed E-state index contributed by atoms with van der Waals surface area (Å²) >= 11 is 2.88. The molecule has 0 bridgehead atoms. The maximum Gasteiger partial charge on any atom is 0.233 e. The maximum absolute atomic E-state index is 11.7. The molecule has 1 heterocycles. The van der Waals surface area contributed by atoms with Gasteiger partial charge in [-0.1, -0.05) is 35.2 Å². The van der Waals surface area contributed by atoms with E-state index in [-0.39, 0.29) is 11.2 Å². The van der Waals surface area contributed by atoms with E-state index in [1.165, 1.54) is 34.2 Å². The second-order valence-electron chi connectivity index (χ2n) is 4.90. The van der Waals surface area contributed by atoms with Crippen LogP contribution < -0.4 is 10.6 Å². The van der Waals surface area contributed by atoms with Gasteiger partial charge in [0.1, 0.15) is 0 Å². The average Bonchev–Trinajstić information content (AvgIpc) is 2.91. The predicted octanol–water partition coefficient (Wildman–Crippen LogP) is 3.52. The summed E-state index contributed by atoms with van der Waals surface area (Å²) in [6, 6.07) is 6.11. The van der Waals surface area contributed by atoms with Gasteiger partial charge in [-0.25, -0.2) is 0 Å². The fraction of sp³-hybridized carbons (Fsp3) is 0.400. The molecule has 5 nitrogen and oxygen atoms in total. The number of benzene rings is 1. The van der Waals surface area contributed by atoms with E-state index in [9.17, 15) is 4.79 Å². The number of hydrogen-bond acceptors (Lipinski definition) is 6. The molecule has 22 heavy (non-hydrogen) atoms. The van der Waals surface area contributed by atoms with Crippen molar-refractivity contribution in [3.8, 4) is 0 Å². The van der Waals surface area contributed by atoms with Gasteiger partial charge in [-0.2, -0.15) is 0 Å². The molecule has 0 fully saturated rings. The number of amides is 1. The van der Waals surface area contributed by atoms with E-state index >= 15 is 0 Å². The van der Waals surface area contributed by atoms with Crippen LogP contribution in [0.5, 0.6) is 0 Å². The Balaban J connectivity index is 2.02. The molecule has 1 aromatic carbocycles. The summed E-state index contributed by atoms with van der Waals surface area (Å²) in [5.74, 6) is 0.0201. The average molecular weight is 336 g/mol. The Labute approximate surface area is 138 Å². The summed E-state index contributed by atoms with van der Waals surface area (Å²) in [4.78, 5) is 11.7. The molecule has 0 unspecified atom stereocenters. The summed E-state index contributed by atoms with van der Waals surface area (Å²) in [5, 5.41) is 14.9. The minimum atomic E-state index is -0.179. The number of carbonyl (C=O) groups excluding carboxylic acids is 1. The van der Waals surface area contributed by atoms with Gasteiger partial charge in [0.25, 0.3) is 0 Å². The van der Waals surface area contributed by atoms with Gasteiger partial charge in [0.05, 0.1) is 5.25 Å². The Morgan fingerprint density at radius 2 is 2.14 bits per heavy atom. The summed E-state index contributed by atoms with van der Waals surface area (Å²) in [5.41, 5.74) is 3.46. The standard InChI is InChI=1S/C15H20N4OS2/c1-5-16-13(20)11(4)21-15-19-18-14(22-15)17-12-8-6-7-9(2)10(12)3/h6-8,11H,5H2,1-4H3,(H,16,20)(H,17,18)/t11-/m0/s1. The quantitative estimate of drug-likeness (QED) is 0.790. The van der Waals surface area contributed by atoms with Crippen molar-refractivity contribution >= 4 is 39.8 Å². The summed E-state index contributed by atoms with van der Waals surface area (Å²) in [6.45, 7) is 8.57. The zero-order chi connectivity index (χ0) is 16.1. The van der Waals surface area contributed by atoms with E-state index in [0.29, 0.717) is 6.54 Å². The number of rotatable bonds is 6. The van der Waals surface area contributed by atoms with Gasteiger partial charge in [0, 0.05) is 12.2 Å². The zero-order valence-corrected chi connectivity index (χ0v) is 14.8. The molecule has 2 aromatic rings. The maximum atomic E-state index is 11.7. The Morgan fingerprint density at radius 3 is 2.86 bits per heavy atom. The number of nitrogens with zero attached hydrogens (tertiary/aromatic N) is 2. The molecule has 0 spiro atoms. The van der Waals surface area contributed by atoms with Crippen LogP contribution in [0.25, 0.3) is 0 Å². The fourth-order valence-corrected chi connectivity index (χ4v) is 3.77. The van der Waals surface area contributed by atoms with E-state index in [1.54, 1.807) is 0 Å². The topological polar surface area (TPSA) is 66.9 Å². The van der Waals surface area contributed by atoms with E-state index in [0.717, 1.165) is 15.2 Å². The molecule has 0 radical (unpaired) electrons. The lowest BCUT2D eigenvalue weighted by molar-refractivity contribution is -0.120. The van der Waals surface area contributed by atoms with Crippen LogP contribution in [0.1, 0.15) is 25.0 Å². The molecule has 7 heteroatoms. The lowest BCUT2D eigenvalue weighted by atomic mass is 10.1. The molecule has 0 aliphatic heterocycles. The SMILES string of the molecule is CCNC(=O)[C@H](C)Sc1nnc(Nc2cccc(C)c2C)s1. The Kier molecular flexibility index (Phi) is 5.79. The third kappa shape index (κ3) is 4.20. The number of aromatic nitrogens is 2. The van der Waals surface area contributed by atoms with Gasteiger partial charge in [-0.05, 0) is 44.9 Å². The van der Waals surface area contributed by atoms with Crippen molar-refractivity contribution in [3.63, 3.8) is 0 Å². The molecular weight excluding hydrogens is 316 g/mol. The highest BCUT2D eigenvalue weighted by atomic mass is 32.2. The van der Waals surface area contributed by atoms with Gasteiger partial charge in [0.15, 0.2) is 4.34 Å². The third-order valence-corrected chi connectivity index (χ3v) is 5.27. The largest absolute Gasteiger partial charge is 0.355 e. The monoisotopic (exact) mass is 336 g/mol. The summed E-state index contributed by atoms with van der Waals surface area (Å²) in [6.07, 6.45) is 0. The van der Waals surface area contributed by atoms with Crippen LogP contribution in [0.4, 0.5) is 10.8 Å². The molecule has 0 saturated heterocycles. The molecule has 1 atom stereocenters. The van der Waals surface area contributed by atoms with Crippen molar-refractivity contribution in [2.45, 2.75) is 37.3 Å². The van der Waals surface area contributed by atoms with Gasteiger partial charge in [0.2, 0.25) is 11.0 Å². The van der Waals surface area contributed by atoms with Crippen molar-refractivity contribution in [2.24, 2.45) is 0 Å². The second kappa shape index (κ2) is 7.60. The van der Waals surface area contributed by atoms with Crippen LogP contribution in [-0.2, 0) is 4.79 Å². The number of nitrogens with one attached hydrogen (secondary N) is 2. The number of thioether (sulfide) groups is 1. The summed E-state index contributed by atoms with van der Waals surface area (Å²) in [7, 11) is 0. The normalized spacial score (nSPS) is 12.0. The van der Waals surface area contributed by atoms with Crippen LogP contribution in [0.15, 0.2) is 22.5 Å². The Hall–Kier alpha value is -1.60. The molecule has 118 valence electrons. The minimum Gasteiger partial charge on any atom is -0.355 e. The minimum absolute atomic E-state index is 0.0201. The van der Waals surface area contributed by atoms with Gasteiger partial charge in [-0.3, -0.25) is 4.79 Å². The number of anilines is 2. The van der Waals surface area contributed by atoms with Gasteiger partial charge in [-0.15, -0.1) is 10.2 Å². The van der Waals surface area contributed by atoms with Crippen molar-refractivity contribution in [1.82, 2.24) is 15.5 Å². The highest BCUT2D eigenvalue weighted by Gasteiger charge is 2.16. The van der Waals surface area contributed by atoms with Crippen LogP contribution in [0.3, 0.4) is 0 Å². The fourth-order valence-electron chi connectivity index (χ4n) is 1.83. The smallest absolute Gasteiger partial charge is 0.233 e. The number of hydrogen-bond donors (Lipinski definition) is 2. The Morgan fingerprint density at radius 1 is 1.36 bits per heavy atom. The highest BCUT2D eigenvalue weighted by Crippen LogP contribution is 2.31. The van der Waals surface area contributed by atoms with Crippen molar-refractivity contribution in [1.29, 1.82) is 0 Å². The predicted molar refractivity (Wildman–Crippen MR) is 93.1 cm³/mol. The zero-order valence-electron chi connectivity index (χ0n) is 13.1. The van der Waals surface area contributed by atoms with E-state index < -0.39 is 0 Å². The number of aryl methyl sites for hydroxylation is 1. The van der Waals surface area contributed by atoms with Crippen molar-refractivity contribution < 1.29 is 4.79 Å². The number of carbonyl (C=O) groups is 1. The van der Waals surface area contributed by atoms with Gasteiger partial charge >= 0.3 is 0 Å². The molecule has 1 aromatic heterocycles. The first kappa shape index (κ1) is 16.8. The third-order valence-electron chi connectivity index (χ3n) is 3.25. The molecule has 0 saturated carbocycles. The first-order valence-electron chi connectivity index (χ1n) is 7.12. The molecular formula is C15H20N4OS2. The van der Waals surface area contributed by atoms with Crippen LogP contribution in [0, 0.1) is 13.8 Å². The first-order chi connectivity index (χ1) is 10.5. The molecule has 0 aliphatic rings. The van der Waals surface area contributed by atoms with Crippen LogP contribution in [0.2, 0.25) is 0 Å². The lowest BCUT2D eigenvalue weighted by Crippen LogP contribution is -2.30. The van der Waals surface area contributed by atoms with Crippen LogP contribution >= 0.6 is 23.1 Å². The molecule has 2 rings (SSSR count). The Bertz CT molecular complexity index is 657. The van der Waals surface area contributed by atoms with Crippen LogP contribution in [-0.4, -0.2) is 27.9 Å². The van der Waals surface area contributed by atoms with Crippen molar-refractivity contribution in [2.75, 3.05) is 11.9 Å². The molecule has 2 N–H and O–H groups in total. The molecule has 0 aliphatic carbocycles. The van der Waals surface area contributed by atoms with E-state index in [4.69, 9.17) is 0 Å². The van der Waals surface area contributed by atoms with Crippen molar-refractivity contribution in [3.05, 3.63) is 29.3 Å².